The number of anilines is 1. The van der Waals surface area contributed by atoms with Gasteiger partial charge in [0.05, 0.1) is 18.5 Å². The molecule has 2 rings (SSSR count). The fourth-order valence-electron chi connectivity index (χ4n) is 1.69. The molecular formula is C14H16N2O2. The molecule has 94 valence electrons. The Bertz CT molecular complexity index is 540. The maximum absolute atomic E-state index is 11.6. The molecule has 1 heterocycles. The van der Waals surface area contributed by atoms with Crippen molar-refractivity contribution >= 4 is 22.5 Å². The van der Waals surface area contributed by atoms with E-state index in [2.05, 4.69) is 10.3 Å². The first-order valence-corrected chi connectivity index (χ1v) is 6.02. The van der Waals surface area contributed by atoms with Crippen LogP contribution in [0.5, 0.6) is 0 Å². The fraction of sp³-hybridized carbons (Fsp3) is 0.286. The zero-order chi connectivity index (χ0) is 12.8. The number of hydrogen-bond donors (Lipinski definition) is 1. The van der Waals surface area contributed by atoms with Crippen LogP contribution in [-0.4, -0.2) is 24.1 Å². The summed E-state index contributed by atoms with van der Waals surface area (Å²) in [6.45, 7) is 3.00. The van der Waals surface area contributed by atoms with Crippen molar-refractivity contribution in [3.05, 3.63) is 36.5 Å². The number of hydrogen-bond acceptors (Lipinski definition) is 3. The maximum Gasteiger partial charge on any atom is 0.226 e. The lowest BCUT2D eigenvalue weighted by Gasteiger charge is -2.06. The molecule has 1 aromatic carbocycles. The van der Waals surface area contributed by atoms with E-state index < -0.39 is 0 Å². The van der Waals surface area contributed by atoms with Crippen molar-refractivity contribution in [1.29, 1.82) is 0 Å². The molecule has 0 unspecified atom stereocenters. The molecule has 1 amide bonds. The highest BCUT2D eigenvalue weighted by Gasteiger charge is 2.03. The van der Waals surface area contributed by atoms with Crippen LogP contribution in [0.2, 0.25) is 0 Å². The summed E-state index contributed by atoms with van der Waals surface area (Å²) >= 11 is 0. The van der Waals surface area contributed by atoms with Gasteiger partial charge in [0.15, 0.2) is 0 Å². The van der Waals surface area contributed by atoms with Crippen molar-refractivity contribution in [1.82, 2.24) is 4.98 Å². The van der Waals surface area contributed by atoms with Gasteiger partial charge in [0.1, 0.15) is 0 Å². The molecule has 0 saturated heterocycles. The number of ether oxygens (including phenoxy) is 1. The molecule has 1 N–H and O–H groups in total. The Labute approximate surface area is 106 Å². The molecule has 18 heavy (non-hydrogen) atoms. The predicted molar refractivity (Wildman–Crippen MR) is 71.5 cm³/mol. The molecule has 2 aromatic rings. The predicted octanol–water partition coefficient (Wildman–Crippen LogP) is 2.60. The van der Waals surface area contributed by atoms with Crippen LogP contribution in [0, 0.1) is 0 Å². The Morgan fingerprint density at radius 1 is 1.39 bits per heavy atom. The maximum atomic E-state index is 11.6. The van der Waals surface area contributed by atoms with Crippen LogP contribution in [-0.2, 0) is 9.53 Å². The Morgan fingerprint density at radius 3 is 3.11 bits per heavy atom. The van der Waals surface area contributed by atoms with Crippen LogP contribution in [0.3, 0.4) is 0 Å². The van der Waals surface area contributed by atoms with Gasteiger partial charge in [-0.05, 0) is 31.2 Å². The summed E-state index contributed by atoms with van der Waals surface area (Å²) in [4.78, 5) is 15.8. The van der Waals surface area contributed by atoms with Crippen LogP contribution in [0.4, 0.5) is 5.69 Å². The number of amides is 1. The Morgan fingerprint density at radius 2 is 2.28 bits per heavy atom. The zero-order valence-electron chi connectivity index (χ0n) is 10.3. The van der Waals surface area contributed by atoms with E-state index in [9.17, 15) is 4.79 Å². The standard InChI is InChI=1S/C14H16N2O2/c1-2-18-9-7-14(17)16-12-5-6-13-11(10-12)4-3-8-15-13/h3-6,8,10H,2,7,9H2,1H3,(H,16,17). The van der Waals surface area contributed by atoms with Crippen molar-refractivity contribution < 1.29 is 9.53 Å². The van der Waals surface area contributed by atoms with Crippen LogP contribution in [0.15, 0.2) is 36.5 Å². The molecule has 1 aromatic heterocycles. The quantitative estimate of drug-likeness (QED) is 0.822. The normalized spacial score (nSPS) is 10.5. The molecule has 4 nitrogen and oxygen atoms in total. The minimum Gasteiger partial charge on any atom is -0.381 e. The van der Waals surface area contributed by atoms with E-state index in [1.165, 1.54) is 0 Å². The number of benzene rings is 1. The molecule has 0 aliphatic heterocycles. The number of carbonyl (C=O) groups excluding carboxylic acids is 1. The minimum atomic E-state index is -0.0355. The Balaban J connectivity index is 2.01. The van der Waals surface area contributed by atoms with Gasteiger partial charge in [-0.2, -0.15) is 0 Å². The van der Waals surface area contributed by atoms with E-state index in [-0.39, 0.29) is 5.91 Å². The highest BCUT2D eigenvalue weighted by molar-refractivity contribution is 5.93. The summed E-state index contributed by atoms with van der Waals surface area (Å²) in [6, 6.07) is 9.52. The van der Waals surface area contributed by atoms with E-state index in [0.29, 0.717) is 19.6 Å². The number of aromatic nitrogens is 1. The summed E-state index contributed by atoms with van der Waals surface area (Å²) in [6.07, 6.45) is 2.13. The Hall–Kier alpha value is -1.94. The largest absolute Gasteiger partial charge is 0.381 e. The first-order chi connectivity index (χ1) is 8.79. The SMILES string of the molecule is CCOCCC(=O)Nc1ccc2ncccc2c1. The van der Waals surface area contributed by atoms with Gasteiger partial charge in [-0.3, -0.25) is 9.78 Å². The Kier molecular flexibility index (Phi) is 4.25. The number of rotatable bonds is 5. The monoisotopic (exact) mass is 244 g/mol. The topological polar surface area (TPSA) is 51.2 Å². The van der Waals surface area contributed by atoms with Crippen molar-refractivity contribution in [3.63, 3.8) is 0 Å². The lowest BCUT2D eigenvalue weighted by Crippen LogP contribution is -2.14. The van der Waals surface area contributed by atoms with E-state index >= 15 is 0 Å². The van der Waals surface area contributed by atoms with Gasteiger partial charge in [-0.15, -0.1) is 0 Å². The third kappa shape index (κ3) is 3.28. The second kappa shape index (κ2) is 6.12. The number of carbonyl (C=O) groups is 1. The molecule has 0 aliphatic rings. The van der Waals surface area contributed by atoms with Gasteiger partial charge in [-0.25, -0.2) is 0 Å². The third-order valence-corrected chi connectivity index (χ3v) is 2.56. The van der Waals surface area contributed by atoms with Crippen molar-refractivity contribution in [2.45, 2.75) is 13.3 Å². The van der Waals surface area contributed by atoms with Gasteiger partial charge in [-0.1, -0.05) is 6.07 Å². The first kappa shape index (κ1) is 12.5. The van der Waals surface area contributed by atoms with E-state index in [1.54, 1.807) is 6.20 Å². The lowest BCUT2D eigenvalue weighted by atomic mass is 10.2. The second-order valence-electron chi connectivity index (χ2n) is 3.91. The molecule has 0 fully saturated rings. The van der Waals surface area contributed by atoms with E-state index in [4.69, 9.17) is 4.74 Å². The second-order valence-corrected chi connectivity index (χ2v) is 3.91. The molecule has 4 heteroatoms. The molecule has 0 spiro atoms. The van der Waals surface area contributed by atoms with Crippen LogP contribution >= 0.6 is 0 Å². The number of nitrogens with one attached hydrogen (secondary N) is 1. The molecule has 0 atom stereocenters. The van der Waals surface area contributed by atoms with Crippen molar-refractivity contribution in [2.75, 3.05) is 18.5 Å². The van der Waals surface area contributed by atoms with Crippen molar-refractivity contribution in [3.8, 4) is 0 Å². The third-order valence-electron chi connectivity index (χ3n) is 2.56. The molecular weight excluding hydrogens is 228 g/mol. The van der Waals surface area contributed by atoms with Gasteiger partial charge < -0.3 is 10.1 Å². The fourth-order valence-corrected chi connectivity index (χ4v) is 1.69. The average molecular weight is 244 g/mol. The van der Waals surface area contributed by atoms with Gasteiger partial charge in [0, 0.05) is 23.9 Å². The molecule has 0 saturated carbocycles. The summed E-state index contributed by atoms with van der Waals surface area (Å²) in [5.74, 6) is -0.0355. The average Bonchev–Trinajstić information content (AvgIpc) is 2.39. The highest BCUT2D eigenvalue weighted by Crippen LogP contribution is 2.16. The number of pyridine rings is 1. The molecule has 0 radical (unpaired) electrons. The molecule has 0 aliphatic carbocycles. The van der Waals surface area contributed by atoms with Gasteiger partial charge in [0.2, 0.25) is 5.91 Å². The number of nitrogens with zero attached hydrogens (tertiary/aromatic N) is 1. The van der Waals surface area contributed by atoms with Crippen LogP contribution in [0.25, 0.3) is 10.9 Å². The highest BCUT2D eigenvalue weighted by atomic mass is 16.5. The van der Waals surface area contributed by atoms with E-state index in [1.807, 2.05) is 37.3 Å². The number of fused-ring (bicyclic) bond motifs is 1. The van der Waals surface area contributed by atoms with Gasteiger partial charge >= 0.3 is 0 Å². The summed E-state index contributed by atoms with van der Waals surface area (Å²) in [7, 11) is 0. The van der Waals surface area contributed by atoms with Crippen LogP contribution in [0.1, 0.15) is 13.3 Å². The lowest BCUT2D eigenvalue weighted by molar-refractivity contribution is -0.117. The van der Waals surface area contributed by atoms with Gasteiger partial charge in [0.25, 0.3) is 0 Å². The van der Waals surface area contributed by atoms with E-state index in [0.717, 1.165) is 16.6 Å². The first-order valence-electron chi connectivity index (χ1n) is 6.02. The van der Waals surface area contributed by atoms with Crippen molar-refractivity contribution in [2.24, 2.45) is 0 Å². The summed E-state index contributed by atoms with van der Waals surface area (Å²) in [5, 5.41) is 3.86. The molecule has 0 bridgehead atoms. The zero-order valence-corrected chi connectivity index (χ0v) is 10.3. The van der Waals surface area contributed by atoms with Crippen LogP contribution < -0.4 is 5.32 Å². The minimum absolute atomic E-state index is 0.0355. The summed E-state index contributed by atoms with van der Waals surface area (Å²) < 4.78 is 5.14. The summed E-state index contributed by atoms with van der Waals surface area (Å²) in [5.41, 5.74) is 1.71. The smallest absolute Gasteiger partial charge is 0.226 e.